The minimum absolute atomic E-state index is 0.0131. The number of aryl methyl sites for hydroxylation is 1. The van der Waals surface area contributed by atoms with Crippen LogP contribution < -0.4 is 0 Å². The van der Waals surface area contributed by atoms with Crippen LogP contribution in [-0.2, 0) is 15.7 Å². The first-order chi connectivity index (χ1) is 12.4. The van der Waals surface area contributed by atoms with Gasteiger partial charge in [-0.3, -0.25) is 4.90 Å². The molecule has 0 saturated carbocycles. The van der Waals surface area contributed by atoms with E-state index >= 15 is 0 Å². The van der Waals surface area contributed by atoms with Crippen molar-refractivity contribution >= 4 is 21.6 Å². The number of sulfone groups is 1. The van der Waals surface area contributed by atoms with Gasteiger partial charge in [0.25, 0.3) is 0 Å². The van der Waals surface area contributed by atoms with Gasteiger partial charge in [-0.15, -0.1) is 5.10 Å². The molecule has 2 heterocycles. The molecule has 2 aromatic rings. The molecule has 1 atom stereocenters. The maximum absolute atomic E-state index is 12.8. The second-order valence-corrected chi connectivity index (χ2v) is 10.1. The molecule has 0 spiro atoms. The molecular weight excluding hydrogens is 370 g/mol. The third-order valence-corrected chi connectivity index (χ3v) is 7.08. The molecule has 1 fully saturated rings. The Morgan fingerprint density at radius 3 is 2.42 bits per heavy atom. The van der Waals surface area contributed by atoms with Crippen LogP contribution in [0.1, 0.15) is 31.3 Å². The van der Waals surface area contributed by atoms with E-state index in [2.05, 4.69) is 34.3 Å². The SMILES string of the molecule is Cc1ccc(S(=O)(=O)Cn2nnnc2[C@@H](C(C)C)N2CCSCC2)cc1. The molecule has 7 nitrogen and oxygen atoms in total. The van der Waals surface area contributed by atoms with Gasteiger partial charge in [-0.2, -0.15) is 11.8 Å². The number of rotatable bonds is 6. The van der Waals surface area contributed by atoms with E-state index in [1.807, 2.05) is 18.7 Å². The molecular formula is C17H25N5O2S2. The van der Waals surface area contributed by atoms with Crippen LogP contribution in [0.3, 0.4) is 0 Å². The first kappa shape index (κ1) is 19.3. The first-order valence-electron chi connectivity index (χ1n) is 8.76. The molecule has 1 saturated heterocycles. The van der Waals surface area contributed by atoms with Crippen molar-refractivity contribution in [2.75, 3.05) is 24.6 Å². The number of thioether (sulfide) groups is 1. The Labute approximate surface area is 159 Å². The molecule has 142 valence electrons. The Bertz CT molecular complexity index is 827. The summed E-state index contributed by atoms with van der Waals surface area (Å²) in [5.41, 5.74) is 1.02. The fourth-order valence-corrected chi connectivity index (χ4v) is 5.37. The number of tetrazole rings is 1. The minimum atomic E-state index is -3.51. The molecule has 9 heteroatoms. The number of nitrogens with zero attached hydrogens (tertiary/aromatic N) is 5. The van der Waals surface area contributed by atoms with Gasteiger partial charge in [0.1, 0.15) is 0 Å². The highest BCUT2D eigenvalue weighted by molar-refractivity contribution is 7.99. The van der Waals surface area contributed by atoms with Gasteiger partial charge in [0.2, 0.25) is 0 Å². The highest BCUT2D eigenvalue weighted by Gasteiger charge is 2.31. The van der Waals surface area contributed by atoms with Crippen LogP contribution in [-0.4, -0.2) is 58.1 Å². The summed E-state index contributed by atoms with van der Waals surface area (Å²) in [7, 11) is -3.51. The third kappa shape index (κ3) is 4.27. The highest BCUT2D eigenvalue weighted by atomic mass is 32.2. The number of benzene rings is 1. The van der Waals surface area contributed by atoms with Gasteiger partial charge in [-0.05, 0) is 35.4 Å². The van der Waals surface area contributed by atoms with Crippen molar-refractivity contribution in [3.8, 4) is 0 Å². The Hall–Kier alpha value is -1.45. The lowest BCUT2D eigenvalue weighted by Crippen LogP contribution is -2.40. The average Bonchev–Trinajstić information content (AvgIpc) is 3.03. The summed E-state index contributed by atoms with van der Waals surface area (Å²) in [6, 6.07) is 6.89. The first-order valence-corrected chi connectivity index (χ1v) is 11.6. The Kier molecular flexibility index (Phi) is 5.99. The fourth-order valence-electron chi connectivity index (χ4n) is 3.24. The zero-order chi connectivity index (χ0) is 18.7. The molecule has 0 N–H and O–H groups in total. The summed E-state index contributed by atoms with van der Waals surface area (Å²) in [6.07, 6.45) is 0. The molecule has 1 aliphatic rings. The molecule has 1 aromatic carbocycles. The Morgan fingerprint density at radius 1 is 1.15 bits per heavy atom. The zero-order valence-electron chi connectivity index (χ0n) is 15.4. The van der Waals surface area contributed by atoms with Crippen LogP contribution in [0.25, 0.3) is 0 Å². The Balaban J connectivity index is 1.88. The van der Waals surface area contributed by atoms with E-state index in [9.17, 15) is 8.42 Å². The summed E-state index contributed by atoms with van der Waals surface area (Å²) >= 11 is 1.94. The van der Waals surface area contributed by atoms with Crippen LogP contribution in [0.4, 0.5) is 0 Å². The predicted molar refractivity (Wildman–Crippen MR) is 103 cm³/mol. The summed E-state index contributed by atoms with van der Waals surface area (Å²) in [5.74, 6) is 2.82. The highest BCUT2D eigenvalue weighted by Crippen LogP contribution is 2.29. The van der Waals surface area contributed by atoms with Crippen LogP contribution in [0.15, 0.2) is 29.2 Å². The quantitative estimate of drug-likeness (QED) is 0.741. The van der Waals surface area contributed by atoms with Gasteiger partial charge < -0.3 is 0 Å². The lowest BCUT2D eigenvalue weighted by atomic mass is 10.0. The second kappa shape index (κ2) is 8.06. The van der Waals surface area contributed by atoms with Crippen molar-refractivity contribution in [2.24, 2.45) is 5.92 Å². The number of hydrogen-bond acceptors (Lipinski definition) is 7. The molecule has 0 aliphatic carbocycles. The molecule has 0 radical (unpaired) electrons. The second-order valence-electron chi connectivity index (χ2n) is 6.93. The largest absolute Gasteiger partial charge is 0.291 e. The van der Waals surface area contributed by atoms with Crippen LogP contribution in [0, 0.1) is 12.8 Å². The standard InChI is InChI=1S/C17H25N5O2S2/c1-13(2)16(21-8-10-25-11-9-21)17-18-19-20-22(17)12-26(23,24)15-6-4-14(3)5-7-15/h4-7,13,16H,8-12H2,1-3H3/t16-/m1/s1. The van der Waals surface area contributed by atoms with Gasteiger partial charge in [0, 0.05) is 24.6 Å². The summed E-state index contributed by atoms with van der Waals surface area (Å²) in [5, 5.41) is 12.0. The van der Waals surface area contributed by atoms with Crippen LogP contribution >= 0.6 is 11.8 Å². The van der Waals surface area contributed by atoms with E-state index < -0.39 is 9.84 Å². The lowest BCUT2D eigenvalue weighted by Gasteiger charge is -2.35. The summed E-state index contributed by atoms with van der Waals surface area (Å²) in [6.45, 7) is 8.11. The predicted octanol–water partition coefficient (Wildman–Crippen LogP) is 2.16. The summed E-state index contributed by atoms with van der Waals surface area (Å²) in [4.78, 5) is 2.65. The molecule has 0 unspecified atom stereocenters. The van der Waals surface area contributed by atoms with Crippen molar-refractivity contribution in [3.05, 3.63) is 35.7 Å². The van der Waals surface area contributed by atoms with E-state index in [-0.39, 0.29) is 17.8 Å². The maximum Gasteiger partial charge on any atom is 0.198 e. The number of hydrogen-bond donors (Lipinski definition) is 0. The van der Waals surface area contributed by atoms with E-state index in [4.69, 9.17) is 0 Å². The van der Waals surface area contributed by atoms with Crippen molar-refractivity contribution in [1.29, 1.82) is 0 Å². The van der Waals surface area contributed by atoms with E-state index in [1.165, 1.54) is 4.68 Å². The summed E-state index contributed by atoms with van der Waals surface area (Å²) < 4.78 is 27.0. The fraction of sp³-hybridized carbons (Fsp3) is 0.588. The molecule has 1 aromatic heterocycles. The van der Waals surface area contributed by atoms with Crippen molar-refractivity contribution in [2.45, 2.75) is 37.6 Å². The normalized spacial score (nSPS) is 17.5. The third-order valence-electron chi connectivity index (χ3n) is 4.57. The van der Waals surface area contributed by atoms with Gasteiger partial charge in [0.15, 0.2) is 21.5 Å². The van der Waals surface area contributed by atoms with E-state index in [1.54, 1.807) is 24.3 Å². The molecule has 3 rings (SSSR count). The molecule has 26 heavy (non-hydrogen) atoms. The number of aromatic nitrogens is 4. The molecule has 0 amide bonds. The van der Waals surface area contributed by atoms with Crippen LogP contribution in [0.2, 0.25) is 0 Å². The smallest absolute Gasteiger partial charge is 0.198 e. The van der Waals surface area contributed by atoms with E-state index in [0.29, 0.717) is 10.7 Å². The van der Waals surface area contributed by atoms with Crippen LogP contribution in [0.5, 0.6) is 0 Å². The maximum atomic E-state index is 12.8. The topological polar surface area (TPSA) is 81.0 Å². The Morgan fingerprint density at radius 2 is 1.81 bits per heavy atom. The van der Waals surface area contributed by atoms with Crippen molar-refractivity contribution in [3.63, 3.8) is 0 Å². The minimum Gasteiger partial charge on any atom is -0.291 e. The van der Waals surface area contributed by atoms with Gasteiger partial charge in [0.05, 0.1) is 10.9 Å². The van der Waals surface area contributed by atoms with Crippen molar-refractivity contribution in [1.82, 2.24) is 25.1 Å². The average molecular weight is 396 g/mol. The van der Waals surface area contributed by atoms with Gasteiger partial charge >= 0.3 is 0 Å². The zero-order valence-corrected chi connectivity index (χ0v) is 17.0. The molecule has 1 aliphatic heterocycles. The molecule has 0 bridgehead atoms. The van der Waals surface area contributed by atoms with Crippen molar-refractivity contribution < 1.29 is 8.42 Å². The van der Waals surface area contributed by atoms with Gasteiger partial charge in [-0.1, -0.05) is 31.5 Å². The van der Waals surface area contributed by atoms with E-state index in [0.717, 1.165) is 30.2 Å². The lowest BCUT2D eigenvalue weighted by molar-refractivity contribution is 0.159. The van der Waals surface area contributed by atoms with Gasteiger partial charge in [-0.25, -0.2) is 13.1 Å². The monoisotopic (exact) mass is 395 g/mol.